The fourth-order valence-electron chi connectivity index (χ4n) is 1.49. The number of carbonyl (C=O) groups excluding carboxylic acids is 1. The van der Waals surface area contributed by atoms with E-state index in [9.17, 15) is 4.79 Å². The summed E-state index contributed by atoms with van der Waals surface area (Å²) in [5, 5.41) is 6.31. The zero-order valence-corrected chi connectivity index (χ0v) is 12.2. The van der Waals surface area contributed by atoms with Crippen LogP contribution in [0.2, 0.25) is 10.2 Å². The molecule has 0 saturated carbocycles. The predicted octanol–water partition coefficient (Wildman–Crippen LogP) is 3.03. The fourth-order valence-corrected chi connectivity index (χ4v) is 2.58. The van der Waals surface area contributed by atoms with Crippen molar-refractivity contribution in [1.82, 2.24) is 14.9 Å². The van der Waals surface area contributed by atoms with Crippen LogP contribution >= 0.6 is 34.5 Å². The van der Waals surface area contributed by atoms with Crippen molar-refractivity contribution < 1.29 is 4.79 Å². The van der Waals surface area contributed by atoms with Gasteiger partial charge in [-0.2, -0.15) is 0 Å². The molecule has 18 heavy (non-hydrogen) atoms. The summed E-state index contributed by atoms with van der Waals surface area (Å²) in [6.45, 7) is 2.32. The van der Waals surface area contributed by atoms with Gasteiger partial charge in [0.2, 0.25) is 0 Å². The first kappa shape index (κ1) is 13.4. The Morgan fingerprint density at radius 2 is 2.28 bits per heavy atom. The van der Waals surface area contributed by atoms with E-state index < -0.39 is 0 Å². The molecule has 1 N–H and O–H groups in total. The second kappa shape index (κ2) is 5.30. The van der Waals surface area contributed by atoms with Crippen LogP contribution in [-0.2, 0) is 13.6 Å². The molecule has 0 bridgehead atoms. The molecule has 0 atom stereocenters. The number of carbonyl (C=O) groups is 1. The van der Waals surface area contributed by atoms with Crippen LogP contribution in [0.15, 0.2) is 11.4 Å². The van der Waals surface area contributed by atoms with Gasteiger partial charge in [-0.1, -0.05) is 23.2 Å². The van der Waals surface area contributed by atoms with Crippen molar-refractivity contribution in [1.29, 1.82) is 0 Å². The van der Waals surface area contributed by atoms with Crippen LogP contribution in [0.3, 0.4) is 0 Å². The average Bonchev–Trinajstić information content (AvgIpc) is 2.86. The number of amides is 1. The largest absolute Gasteiger partial charge is 0.344 e. The zero-order chi connectivity index (χ0) is 13.3. The molecule has 0 aromatic carbocycles. The summed E-state index contributed by atoms with van der Waals surface area (Å²) in [5.41, 5.74) is 1.38. The summed E-state index contributed by atoms with van der Waals surface area (Å²) in [4.78, 5) is 16.2. The Kier molecular flexibility index (Phi) is 3.94. The Morgan fingerprint density at radius 1 is 1.56 bits per heavy atom. The third-order valence-electron chi connectivity index (χ3n) is 2.42. The van der Waals surface area contributed by atoms with E-state index in [1.54, 1.807) is 17.7 Å². The molecule has 2 aromatic heterocycles. The molecule has 0 saturated heterocycles. The number of halogens is 2. The van der Waals surface area contributed by atoms with E-state index in [2.05, 4.69) is 10.3 Å². The third kappa shape index (κ3) is 2.68. The van der Waals surface area contributed by atoms with Gasteiger partial charge in [-0.25, -0.2) is 4.98 Å². The molecule has 0 aliphatic rings. The lowest BCUT2D eigenvalue weighted by atomic mass is 10.4. The highest BCUT2D eigenvalue weighted by Gasteiger charge is 2.15. The molecule has 2 rings (SSSR count). The van der Waals surface area contributed by atoms with E-state index >= 15 is 0 Å². The van der Waals surface area contributed by atoms with E-state index in [-0.39, 0.29) is 5.91 Å². The topological polar surface area (TPSA) is 46.9 Å². The molecule has 7 heteroatoms. The molecule has 1 amide bonds. The molecule has 0 aliphatic heterocycles. The minimum atomic E-state index is -0.223. The number of nitrogens with one attached hydrogen (secondary N) is 1. The van der Waals surface area contributed by atoms with Gasteiger partial charge >= 0.3 is 0 Å². The van der Waals surface area contributed by atoms with Crippen molar-refractivity contribution in [3.63, 3.8) is 0 Å². The Morgan fingerprint density at radius 3 is 2.78 bits per heavy atom. The van der Waals surface area contributed by atoms with Crippen LogP contribution in [0.25, 0.3) is 0 Å². The Labute approximate surface area is 119 Å². The molecule has 0 radical (unpaired) electrons. The van der Waals surface area contributed by atoms with Gasteiger partial charge in [-0.3, -0.25) is 4.79 Å². The van der Waals surface area contributed by atoms with Gasteiger partial charge in [0.15, 0.2) is 0 Å². The van der Waals surface area contributed by atoms with E-state index in [1.807, 2.05) is 12.3 Å². The van der Waals surface area contributed by atoms with Gasteiger partial charge in [-0.15, -0.1) is 11.3 Å². The van der Waals surface area contributed by atoms with Crippen molar-refractivity contribution >= 4 is 40.4 Å². The SMILES string of the molecule is Cc1csc(CNC(=O)c2cc(Cl)c(Cl)n2C)n1. The monoisotopic (exact) mass is 303 g/mol. The van der Waals surface area contributed by atoms with Gasteiger partial charge in [0.05, 0.1) is 11.6 Å². The van der Waals surface area contributed by atoms with Crippen molar-refractivity contribution in [3.8, 4) is 0 Å². The highest BCUT2D eigenvalue weighted by Crippen LogP contribution is 2.25. The molecular weight excluding hydrogens is 293 g/mol. The molecule has 2 heterocycles. The van der Waals surface area contributed by atoms with Crippen molar-refractivity contribution in [2.24, 2.45) is 7.05 Å². The van der Waals surface area contributed by atoms with Crippen molar-refractivity contribution in [3.05, 3.63) is 38.0 Å². The molecular formula is C11H11Cl2N3OS. The lowest BCUT2D eigenvalue weighted by Gasteiger charge is -2.04. The number of aromatic nitrogens is 2. The fraction of sp³-hybridized carbons (Fsp3) is 0.273. The smallest absolute Gasteiger partial charge is 0.268 e. The molecule has 0 fully saturated rings. The highest BCUT2D eigenvalue weighted by atomic mass is 35.5. The van der Waals surface area contributed by atoms with Crippen LogP contribution < -0.4 is 5.32 Å². The van der Waals surface area contributed by atoms with E-state index in [1.165, 1.54) is 11.3 Å². The lowest BCUT2D eigenvalue weighted by molar-refractivity contribution is 0.0942. The standard InChI is InChI=1S/C11H11Cl2N3OS/c1-6-5-18-9(15-6)4-14-11(17)8-3-7(12)10(13)16(8)2/h3,5H,4H2,1-2H3,(H,14,17). The Hall–Kier alpha value is -1.04. The van der Waals surface area contributed by atoms with Crippen LogP contribution in [0.1, 0.15) is 21.2 Å². The van der Waals surface area contributed by atoms with Crippen LogP contribution in [-0.4, -0.2) is 15.5 Å². The van der Waals surface area contributed by atoms with Gasteiger partial charge in [0, 0.05) is 18.1 Å². The number of hydrogen-bond acceptors (Lipinski definition) is 3. The summed E-state index contributed by atoms with van der Waals surface area (Å²) in [5.74, 6) is -0.223. The predicted molar refractivity (Wildman–Crippen MR) is 73.5 cm³/mol. The molecule has 0 aliphatic carbocycles. The minimum Gasteiger partial charge on any atom is -0.344 e. The van der Waals surface area contributed by atoms with Gasteiger partial charge in [-0.05, 0) is 13.0 Å². The number of nitrogens with zero attached hydrogens (tertiary/aromatic N) is 2. The lowest BCUT2D eigenvalue weighted by Crippen LogP contribution is -2.24. The maximum Gasteiger partial charge on any atom is 0.268 e. The minimum absolute atomic E-state index is 0.223. The van der Waals surface area contributed by atoms with Crippen LogP contribution in [0.4, 0.5) is 0 Å². The van der Waals surface area contributed by atoms with Gasteiger partial charge < -0.3 is 9.88 Å². The second-order valence-corrected chi connectivity index (χ2v) is 5.50. The second-order valence-electron chi connectivity index (χ2n) is 3.79. The summed E-state index contributed by atoms with van der Waals surface area (Å²) < 4.78 is 1.55. The number of rotatable bonds is 3. The maximum absolute atomic E-state index is 11.9. The molecule has 0 unspecified atom stereocenters. The first-order chi connectivity index (χ1) is 8.49. The normalized spacial score (nSPS) is 10.7. The molecule has 4 nitrogen and oxygen atoms in total. The summed E-state index contributed by atoms with van der Waals surface area (Å²) in [6, 6.07) is 1.55. The highest BCUT2D eigenvalue weighted by molar-refractivity contribution is 7.09. The van der Waals surface area contributed by atoms with Crippen molar-refractivity contribution in [2.45, 2.75) is 13.5 Å². The summed E-state index contributed by atoms with van der Waals surface area (Å²) >= 11 is 13.3. The van der Waals surface area contributed by atoms with E-state index in [0.29, 0.717) is 22.4 Å². The number of thiazole rings is 1. The summed E-state index contributed by atoms with van der Waals surface area (Å²) in [7, 11) is 1.69. The van der Waals surface area contributed by atoms with E-state index in [0.717, 1.165) is 10.7 Å². The number of hydrogen-bond donors (Lipinski definition) is 1. The summed E-state index contributed by atoms with van der Waals surface area (Å²) in [6.07, 6.45) is 0. The molecule has 2 aromatic rings. The Bertz CT molecular complexity index is 591. The maximum atomic E-state index is 11.9. The third-order valence-corrected chi connectivity index (χ3v) is 4.22. The van der Waals surface area contributed by atoms with Gasteiger partial charge in [0.1, 0.15) is 15.9 Å². The first-order valence-electron chi connectivity index (χ1n) is 5.19. The molecule has 0 spiro atoms. The zero-order valence-electron chi connectivity index (χ0n) is 9.83. The van der Waals surface area contributed by atoms with Crippen LogP contribution in [0, 0.1) is 6.92 Å². The number of aryl methyl sites for hydroxylation is 1. The average molecular weight is 304 g/mol. The van der Waals surface area contributed by atoms with Gasteiger partial charge in [0.25, 0.3) is 5.91 Å². The van der Waals surface area contributed by atoms with E-state index in [4.69, 9.17) is 23.2 Å². The Balaban J connectivity index is 2.06. The van der Waals surface area contributed by atoms with Crippen LogP contribution in [0.5, 0.6) is 0 Å². The molecule has 96 valence electrons. The van der Waals surface area contributed by atoms with Crippen molar-refractivity contribution in [2.75, 3.05) is 0 Å². The quantitative estimate of drug-likeness (QED) is 0.947. The first-order valence-corrected chi connectivity index (χ1v) is 6.82.